The van der Waals surface area contributed by atoms with Gasteiger partial charge in [-0.1, -0.05) is 12.1 Å². The van der Waals surface area contributed by atoms with E-state index in [2.05, 4.69) is 4.90 Å². The zero-order chi connectivity index (χ0) is 22.8. The normalized spacial score (nSPS) is 17.5. The fourth-order valence-electron chi connectivity index (χ4n) is 4.05. The molecule has 0 atom stereocenters. The second kappa shape index (κ2) is 9.05. The van der Waals surface area contributed by atoms with E-state index in [0.717, 1.165) is 17.0 Å². The Labute approximate surface area is 184 Å². The zero-order valence-electron chi connectivity index (χ0n) is 17.6. The molecule has 2 aromatic rings. The van der Waals surface area contributed by atoms with Crippen molar-refractivity contribution in [2.45, 2.75) is 0 Å². The number of ether oxygens (including phenoxy) is 1. The zero-order valence-corrected chi connectivity index (χ0v) is 17.6. The number of hydrogen-bond donors (Lipinski definition) is 1. The van der Waals surface area contributed by atoms with Crippen LogP contribution in [0, 0.1) is 11.6 Å². The highest BCUT2D eigenvalue weighted by Gasteiger charge is 2.44. The maximum absolute atomic E-state index is 14.5. The van der Waals surface area contributed by atoms with Crippen molar-refractivity contribution < 1.29 is 28.2 Å². The first-order chi connectivity index (χ1) is 15.4. The fourth-order valence-corrected chi connectivity index (χ4v) is 4.05. The molecule has 1 N–H and O–H groups in total. The van der Waals surface area contributed by atoms with Crippen molar-refractivity contribution in [3.8, 4) is 5.75 Å². The van der Waals surface area contributed by atoms with E-state index in [-0.39, 0.29) is 23.6 Å². The Kier molecular flexibility index (Phi) is 6.20. The van der Waals surface area contributed by atoms with Crippen molar-refractivity contribution in [3.05, 3.63) is 65.4 Å². The third-order valence-corrected chi connectivity index (χ3v) is 5.69. The molecule has 0 aliphatic carbocycles. The molecule has 2 aliphatic rings. The number of carbonyl (C=O) groups excluding carboxylic acids is 2. The number of carbonyl (C=O) groups is 2. The molecule has 32 heavy (non-hydrogen) atoms. The van der Waals surface area contributed by atoms with Crippen LogP contribution >= 0.6 is 0 Å². The van der Waals surface area contributed by atoms with Crippen LogP contribution in [0.4, 0.5) is 14.5 Å². The maximum atomic E-state index is 14.5. The highest BCUT2D eigenvalue weighted by atomic mass is 19.1. The monoisotopic (exact) mass is 443 g/mol. The smallest absolute Gasteiger partial charge is 0.282 e. The molecule has 1 saturated heterocycles. The van der Waals surface area contributed by atoms with Crippen LogP contribution in [-0.4, -0.2) is 73.2 Å². The molecule has 2 aliphatic heterocycles. The summed E-state index contributed by atoms with van der Waals surface area (Å²) in [7, 11) is 1.52. The Balaban J connectivity index is 1.75. The fraction of sp³-hybridized carbons (Fsp3) is 0.304. The third-order valence-electron chi connectivity index (χ3n) is 5.69. The molecule has 9 heteroatoms. The first kappa shape index (κ1) is 21.9. The summed E-state index contributed by atoms with van der Waals surface area (Å²) in [5, 5.41) is 9.17. The van der Waals surface area contributed by atoms with Crippen LogP contribution in [0.15, 0.2) is 48.2 Å². The van der Waals surface area contributed by atoms with Crippen LogP contribution in [0.5, 0.6) is 5.75 Å². The molecule has 2 aromatic carbocycles. The van der Waals surface area contributed by atoms with Gasteiger partial charge in [0.2, 0.25) is 0 Å². The number of aliphatic hydroxyl groups is 1. The predicted octanol–water partition coefficient (Wildman–Crippen LogP) is 1.87. The second-order valence-corrected chi connectivity index (χ2v) is 7.55. The Morgan fingerprint density at radius 3 is 2.25 bits per heavy atom. The van der Waals surface area contributed by atoms with E-state index >= 15 is 0 Å². The lowest BCUT2D eigenvalue weighted by Crippen LogP contribution is -2.48. The van der Waals surface area contributed by atoms with E-state index in [1.807, 2.05) is 4.90 Å². The average Bonchev–Trinajstić information content (AvgIpc) is 3.05. The van der Waals surface area contributed by atoms with Gasteiger partial charge in [-0.05, 0) is 29.8 Å². The molecule has 168 valence electrons. The minimum absolute atomic E-state index is 0.0365. The van der Waals surface area contributed by atoms with Crippen molar-refractivity contribution in [3.63, 3.8) is 0 Å². The summed E-state index contributed by atoms with van der Waals surface area (Å²) in [5.41, 5.74) is 0.563. The minimum atomic E-state index is -0.991. The summed E-state index contributed by atoms with van der Waals surface area (Å²) in [5.74, 6) is -2.52. The maximum Gasteiger partial charge on any atom is 0.282 e. The number of hydrogen-bond acceptors (Lipinski definition) is 6. The topological polar surface area (TPSA) is 73.3 Å². The Hall–Kier alpha value is -3.30. The van der Waals surface area contributed by atoms with Gasteiger partial charge in [0.25, 0.3) is 11.8 Å². The Morgan fingerprint density at radius 2 is 1.66 bits per heavy atom. The van der Waals surface area contributed by atoms with Gasteiger partial charge in [-0.2, -0.15) is 0 Å². The molecular formula is C23H23F2N3O4. The van der Waals surface area contributed by atoms with Crippen molar-refractivity contribution in [1.82, 2.24) is 9.80 Å². The number of amides is 2. The van der Waals surface area contributed by atoms with Crippen LogP contribution in [0.1, 0.15) is 5.56 Å². The molecule has 0 aromatic heterocycles. The number of nitrogens with zero attached hydrogens (tertiary/aromatic N) is 3. The number of benzene rings is 2. The number of imide groups is 1. The van der Waals surface area contributed by atoms with Crippen molar-refractivity contribution in [2.24, 2.45) is 0 Å². The van der Waals surface area contributed by atoms with Gasteiger partial charge in [0.15, 0.2) is 0 Å². The van der Waals surface area contributed by atoms with Gasteiger partial charge in [-0.15, -0.1) is 0 Å². The van der Waals surface area contributed by atoms with Crippen LogP contribution in [-0.2, 0) is 9.59 Å². The summed E-state index contributed by atoms with van der Waals surface area (Å²) in [6.07, 6.45) is 0. The van der Waals surface area contributed by atoms with Gasteiger partial charge in [-0.3, -0.25) is 14.5 Å². The average molecular weight is 443 g/mol. The van der Waals surface area contributed by atoms with Gasteiger partial charge in [0, 0.05) is 38.8 Å². The van der Waals surface area contributed by atoms with Crippen LogP contribution < -0.4 is 9.64 Å². The van der Waals surface area contributed by atoms with Crippen LogP contribution in [0.25, 0.3) is 5.57 Å². The van der Waals surface area contributed by atoms with Crippen LogP contribution in [0.2, 0.25) is 0 Å². The molecule has 1 fully saturated rings. The molecule has 2 amide bonds. The number of halogens is 2. The number of rotatable bonds is 6. The van der Waals surface area contributed by atoms with Crippen molar-refractivity contribution >= 4 is 23.1 Å². The number of anilines is 1. The highest BCUT2D eigenvalue weighted by molar-refractivity contribution is 6.45. The van der Waals surface area contributed by atoms with E-state index in [0.29, 0.717) is 50.1 Å². The van der Waals surface area contributed by atoms with Gasteiger partial charge in [0.05, 0.1) is 25.0 Å². The lowest BCUT2D eigenvalue weighted by Gasteiger charge is -2.36. The second-order valence-electron chi connectivity index (χ2n) is 7.55. The number of aliphatic hydroxyl groups excluding tert-OH is 1. The summed E-state index contributed by atoms with van der Waals surface area (Å²) in [6, 6.07) is 9.45. The Bertz CT molecular complexity index is 1060. The van der Waals surface area contributed by atoms with Gasteiger partial charge >= 0.3 is 0 Å². The molecule has 7 nitrogen and oxygen atoms in total. The molecule has 0 bridgehead atoms. The van der Waals surface area contributed by atoms with Crippen molar-refractivity contribution in [1.29, 1.82) is 0 Å². The number of methoxy groups -OCH3 is 1. The van der Waals surface area contributed by atoms with E-state index in [1.165, 1.54) is 7.11 Å². The summed E-state index contributed by atoms with van der Waals surface area (Å²) in [4.78, 5) is 31.5. The van der Waals surface area contributed by atoms with Gasteiger partial charge in [0.1, 0.15) is 23.1 Å². The lowest BCUT2D eigenvalue weighted by atomic mass is 10.0. The first-order valence-corrected chi connectivity index (χ1v) is 10.2. The molecule has 0 spiro atoms. The SMILES string of the molecule is COc1ccc(C2=C(N3CCN(CCO)CC3)C(=O)N(c3ccc(F)cc3F)C2=O)cc1. The quantitative estimate of drug-likeness (QED) is 0.688. The molecule has 0 radical (unpaired) electrons. The molecule has 0 saturated carbocycles. The van der Waals surface area contributed by atoms with E-state index in [4.69, 9.17) is 9.84 Å². The van der Waals surface area contributed by atoms with Crippen molar-refractivity contribution in [2.75, 3.05) is 51.3 Å². The first-order valence-electron chi connectivity index (χ1n) is 10.2. The standard InChI is InChI=1S/C23H23F2N3O4/c1-32-17-5-2-15(3-6-17)20-21(27-10-8-26(9-11-27)12-13-29)23(31)28(22(20)30)19-7-4-16(24)14-18(19)25/h2-7,14,29H,8-13H2,1H3. The third kappa shape index (κ3) is 3.96. The molecule has 0 unspecified atom stereocenters. The number of piperazine rings is 1. The minimum Gasteiger partial charge on any atom is -0.497 e. The van der Waals surface area contributed by atoms with E-state index in [9.17, 15) is 18.4 Å². The predicted molar refractivity (Wildman–Crippen MR) is 114 cm³/mol. The Morgan fingerprint density at radius 1 is 0.969 bits per heavy atom. The van der Waals surface area contributed by atoms with Gasteiger partial charge < -0.3 is 14.7 Å². The molecular weight excluding hydrogens is 420 g/mol. The largest absolute Gasteiger partial charge is 0.497 e. The molecule has 4 rings (SSSR count). The van der Waals surface area contributed by atoms with Crippen LogP contribution in [0.3, 0.4) is 0 Å². The lowest BCUT2D eigenvalue weighted by molar-refractivity contribution is -0.120. The van der Waals surface area contributed by atoms with Gasteiger partial charge in [-0.25, -0.2) is 13.7 Å². The van der Waals surface area contributed by atoms with E-state index < -0.39 is 23.4 Å². The summed E-state index contributed by atoms with van der Waals surface area (Å²) >= 11 is 0. The summed E-state index contributed by atoms with van der Waals surface area (Å²) in [6.45, 7) is 2.70. The molecule has 2 heterocycles. The van der Waals surface area contributed by atoms with E-state index in [1.54, 1.807) is 24.3 Å². The number of β-amino-alcohol motifs (C(OH)–C–C–N with tert-alkyl or cyclic N) is 1. The summed E-state index contributed by atoms with van der Waals surface area (Å²) < 4.78 is 33.1. The highest BCUT2D eigenvalue weighted by Crippen LogP contribution is 2.36.